The predicted molar refractivity (Wildman–Crippen MR) is 73.0 cm³/mol. The van der Waals surface area contributed by atoms with Crippen molar-refractivity contribution in [2.45, 2.75) is 37.8 Å². The number of rotatable bonds is 4. The molecule has 2 atom stereocenters. The third kappa shape index (κ3) is 2.90. The van der Waals surface area contributed by atoms with Crippen molar-refractivity contribution in [3.8, 4) is 5.75 Å². The van der Waals surface area contributed by atoms with Gasteiger partial charge in [0.2, 0.25) is 0 Å². The van der Waals surface area contributed by atoms with Crippen molar-refractivity contribution in [2.24, 2.45) is 0 Å². The summed E-state index contributed by atoms with van der Waals surface area (Å²) in [6.07, 6.45) is 3.22. The molecule has 1 aliphatic heterocycles. The normalized spacial score (nSPS) is 25.1. The minimum atomic E-state index is -0.334. The van der Waals surface area contributed by atoms with Gasteiger partial charge in [0.15, 0.2) is 11.6 Å². The van der Waals surface area contributed by atoms with Crippen LogP contribution in [0.5, 0.6) is 5.75 Å². The highest BCUT2D eigenvalue weighted by molar-refractivity contribution is 5.32. The van der Waals surface area contributed by atoms with Gasteiger partial charge in [0.1, 0.15) is 0 Å². The van der Waals surface area contributed by atoms with E-state index in [9.17, 15) is 4.39 Å². The van der Waals surface area contributed by atoms with Crippen molar-refractivity contribution in [2.75, 3.05) is 20.8 Å². The second-order valence-corrected chi connectivity index (χ2v) is 5.23. The standard InChI is InChI=1S/C15H22FNO2/c1-15(8-4-5-9-19-15)14(17-2)11-6-7-13(18-3)12(16)10-11/h6-7,10,14,17H,4-5,8-9H2,1-3H3. The van der Waals surface area contributed by atoms with Gasteiger partial charge in [0.25, 0.3) is 0 Å². The summed E-state index contributed by atoms with van der Waals surface area (Å²) in [5.41, 5.74) is 0.610. The van der Waals surface area contributed by atoms with Gasteiger partial charge in [-0.3, -0.25) is 0 Å². The molecular weight excluding hydrogens is 245 g/mol. The lowest BCUT2D eigenvalue weighted by Gasteiger charge is -2.40. The fraction of sp³-hybridized carbons (Fsp3) is 0.600. The topological polar surface area (TPSA) is 30.5 Å². The van der Waals surface area contributed by atoms with Gasteiger partial charge < -0.3 is 14.8 Å². The second kappa shape index (κ2) is 5.88. The van der Waals surface area contributed by atoms with E-state index >= 15 is 0 Å². The van der Waals surface area contributed by atoms with Gasteiger partial charge in [0.05, 0.1) is 18.8 Å². The summed E-state index contributed by atoms with van der Waals surface area (Å²) in [6, 6.07) is 5.07. The highest BCUT2D eigenvalue weighted by Crippen LogP contribution is 2.37. The van der Waals surface area contributed by atoms with Crippen LogP contribution in [0.4, 0.5) is 4.39 Å². The first-order chi connectivity index (χ1) is 9.10. The van der Waals surface area contributed by atoms with E-state index in [2.05, 4.69) is 12.2 Å². The molecule has 1 aromatic carbocycles. The average molecular weight is 267 g/mol. The maximum Gasteiger partial charge on any atom is 0.165 e. The molecule has 1 heterocycles. The van der Waals surface area contributed by atoms with Crippen LogP contribution in [0.25, 0.3) is 0 Å². The predicted octanol–water partition coefficient (Wildman–Crippen LogP) is 3.05. The van der Waals surface area contributed by atoms with Crippen LogP contribution in [0, 0.1) is 5.82 Å². The SMILES string of the molecule is CNC(c1ccc(OC)c(F)c1)C1(C)CCCCO1. The van der Waals surface area contributed by atoms with Gasteiger partial charge in [-0.25, -0.2) is 4.39 Å². The van der Waals surface area contributed by atoms with Gasteiger partial charge in [-0.2, -0.15) is 0 Å². The van der Waals surface area contributed by atoms with E-state index in [-0.39, 0.29) is 23.2 Å². The first-order valence-corrected chi connectivity index (χ1v) is 6.75. The lowest BCUT2D eigenvalue weighted by atomic mass is 9.84. The number of nitrogens with one attached hydrogen (secondary N) is 1. The van der Waals surface area contributed by atoms with Crippen LogP contribution >= 0.6 is 0 Å². The Kier molecular flexibility index (Phi) is 4.42. The molecule has 0 aromatic heterocycles. The second-order valence-electron chi connectivity index (χ2n) is 5.23. The van der Waals surface area contributed by atoms with E-state index in [1.807, 2.05) is 13.1 Å². The van der Waals surface area contributed by atoms with Crippen molar-refractivity contribution >= 4 is 0 Å². The zero-order valence-electron chi connectivity index (χ0n) is 11.8. The van der Waals surface area contributed by atoms with E-state index < -0.39 is 0 Å². The average Bonchev–Trinajstić information content (AvgIpc) is 2.40. The molecule has 1 aromatic rings. The van der Waals surface area contributed by atoms with Gasteiger partial charge in [-0.1, -0.05) is 6.07 Å². The van der Waals surface area contributed by atoms with Crippen LogP contribution in [-0.4, -0.2) is 26.4 Å². The Morgan fingerprint density at radius 3 is 2.74 bits per heavy atom. The van der Waals surface area contributed by atoms with Crippen molar-refractivity contribution in [1.82, 2.24) is 5.32 Å². The minimum absolute atomic E-state index is 0.0202. The number of hydrogen-bond donors (Lipinski definition) is 1. The highest BCUT2D eigenvalue weighted by Gasteiger charge is 2.37. The summed E-state index contributed by atoms with van der Waals surface area (Å²) < 4.78 is 24.8. The highest BCUT2D eigenvalue weighted by atomic mass is 19.1. The molecule has 0 spiro atoms. The Labute approximate surface area is 114 Å². The molecule has 3 nitrogen and oxygen atoms in total. The molecule has 1 fully saturated rings. The summed E-state index contributed by atoms with van der Waals surface area (Å²) in [4.78, 5) is 0. The Morgan fingerprint density at radius 2 is 2.21 bits per heavy atom. The first kappa shape index (κ1) is 14.3. The summed E-state index contributed by atoms with van der Waals surface area (Å²) >= 11 is 0. The van der Waals surface area contributed by atoms with E-state index in [0.29, 0.717) is 0 Å². The maximum atomic E-state index is 13.8. The van der Waals surface area contributed by atoms with Crippen LogP contribution < -0.4 is 10.1 Å². The van der Waals surface area contributed by atoms with Gasteiger partial charge in [-0.15, -0.1) is 0 Å². The zero-order valence-corrected chi connectivity index (χ0v) is 11.8. The lowest BCUT2D eigenvalue weighted by Crippen LogP contribution is -2.44. The third-order valence-electron chi connectivity index (χ3n) is 3.91. The summed E-state index contributed by atoms with van der Waals surface area (Å²) in [6.45, 7) is 2.86. The molecule has 1 aliphatic rings. The first-order valence-electron chi connectivity index (χ1n) is 6.75. The van der Waals surface area contributed by atoms with Crippen LogP contribution in [0.1, 0.15) is 37.8 Å². The van der Waals surface area contributed by atoms with Crippen molar-refractivity contribution < 1.29 is 13.9 Å². The minimum Gasteiger partial charge on any atom is -0.494 e. The molecule has 106 valence electrons. The molecule has 0 aliphatic carbocycles. The van der Waals surface area contributed by atoms with Crippen molar-refractivity contribution in [3.05, 3.63) is 29.6 Å². The molecule has 2 unspecified atom stereocenters. The molecule has 0 radical (unpaired) electrons. The van der Waals surface area contributed by atoms with Gasteiger partial charge in [0, 0.05) is 6.61 Å². The largest absolute Gasteiger partial charge is 0.494 e. The summed E-state index contributed by atoms with van der Waals surface area (Å²) in [5, 5.41) is 3.26. The number of halogens is 1. The number of hydrogen-bond acceptors (Lipinski definition) is 3. The third-order valence-corrected chi connectivity index (χ3v) is 3.91. The van der Waals surface area contributed by atoms with Crippen LogP contribution in [-0.2, 0) is 4.74 Å². The van der Waals surface area contributed by atoms with Gasteiger partial charge in [-0.05, 0) is 50.9 Å². The van der Waals surface area contributed by atoms with Gasteiger partial charge >= 0.3 is 0 Å². The maximum absolute atomic E-state index is 13.8. The number of methoxy groups -OCH3 is 1. The molecule has 2 rings (SSSR count). The van der Waals surface area contributed by atoms with E-state index in [0.717, 1.165) is 31.4 Å². The monoisotopic (exact) mass is 267 g/mol. The Balaban J connectivity index is 2.28. The van der Waals surface area contributed by atoms with E-state index in [1.54, 1.807) is 6.07 Å². The van der Waals surface area contributed by atoms with Crippen LogP contribution in [0.3, 0.4) is 0 Å². The lowest BCUT2D eigenvalue weighted by molar-refractivity contribution is -0.0885. The Bertz CT molecular complexity index is 430. The molecule has 19 heavy (non-hydrogen) atoms. The van der Waals surface area contributed by atoms with E-state index in [1.165, 1.54) is 13.2 Å². The Hall–Kier alpha value is -1.13. The van der Waals surface area contributed by atoms with Crippen LogP contribution in [0.15, 0.2) is 18.2 Å². The molecular formula is C15H22FNO2. The zero-order chi connectivity index (χ0) is 13.9. The summed E-state index contributed by atoms with van der Waals surface area (Å²) in [5.74, 6) is -0.0621. The van der Waals surface area contributed by atoms with Crippen molar-refractivity contribution in [3.63, 3.8) is 0 Å². The van der Waals surface area contributed by atoms with Crippen LogP contribution in [0.2, 0.25) is 0 Å². The molecule has 1 N–H and O–H groups in total. The molecule has 4 heteroatoms. The fourth-order valence-corrected chi connectivity index (χ4v) is 2.87. The van der Waals surface area contributed by atoms with E-state index in [4.69, 9.17) is 9.47 Å². The molecule has 1 saturated heterocycles. The number of ether oxygens (including phenoxy) is 2. The molecule has 0 amide bonds. The summed E-state index contributed by atoms with van der Waals surface area (Å²) in [7, 11) is 3.36. The molecule has 0 bridgehead atoms. The quantitative estimate of drug-likeness (QED) is 0.909. The Morgan fingerprint density at radius 1 is 1.42 bits per heavy atom. The number of benzene rings is 1. The molecule has 0 saturated carbocycles. The number of likely N-dealkylation sites (N-methyl/N-ethyl adjacent to an activating group) is 1. The van der Waals surface area contributed by atoms with Crippen molar-refractivity contribution in [1.29, 1.82) is 0 Å². The smallest absolute Gasteiger partial charge is 0.165 e. The fourth-order valence-electron chi connectivity index (χ4n) is 2.87.